The third-order valence-corrected chi connectivity index (χ3v) is 4.75. The first-order valence-electron chi connectivity index (χ1n) is 6.88. The first-order valence-corrected chi connectivity index (χ1v) is 6.88. The van der Waals surface area contributed by atoms with Gasteiger partial charge in [-0.25, -0.2) is 4.98 Å². The first kappa shape index (κ1) is 13.3. The van der Waals surface area contributed by atoms with Crippen LogP contribution in [-0.2, 0) is 4.74 Å². The maximum absolute atomic E-state index is 11.2. The molecular formula is C14H19N3O3. The van der Waals surface area contributed by atoms with Gasteiger partial charge in [0.15, 0.2) is 0 Å². The molecule has 0 aromatic carbocycles. The SMILES string of the molecule is CN(c1ncccc1[N+](=O)[O-])C1C2CCOC2C1(C)C. The van der Waals surface area contributed by atoms with Crippen LogP contribution in [0.5, 0.6) is 0 Å². The van der Waals surface area contributed by atoms with Crippen molar-refractivity contribution in [2.24, 2.45) is 11.3 Å². The van der Waals surface area contributed by atoms with Gasteiger partial charge in [0.2, 0.25) is 5.82 Å². The van der Waals surface area contributed by atoms with Crippen LogP contribution in [0.25, 0.3) is 0 Å². The zero-order valence-corrected chi connectivity index (χ0v) is 11.9. The molecule has 3 unspecified atom stereocenters. The first-order chi connectivity index (χ1) is 9.44. The fraction of sp³-hybridized carbons (Fsp3) is 0.643. The molecule has 6 nitrogen and oxygen atoms in total. The summed E-state index contributed by atoms with van der Waals surface area (Å²) in [5, 5.41) is 11.2. The van der Waals surface area contributed by atoms with Crippen LogP contribution in [0.4, 0.5) is 11.5 Å². The third-order valence-electron chi connectivity index (χ3n) is 4.75. The molecule has 20 heavy (non-hydrogen) atoms. The standard InChI is InChI=1S/C14H19N3O3/c1-14(2)11(9-6-8-20-12(9)14)16(3)13-10(17(18)19)5-4-7-15-13/h4-5,7,9,11-12H,6,8H2,1-3H3. The Kier molecular flexibility index (Phi) is 2.93. The van der Waals surface area contributed by atoms with Gasteiger partial charge in [-0.1, -0.05) is 13.8 Å². The Bertz CT molecular complexity index is 546. The number of nitrogens with zero attached hydrogens (tertiary/aromatic N) is 3. The Hall–Kier alpha value is -1.69. The van der Waals surface area contributed by atoms with Crippen molar-refractivity contribution in [2.45, 2.75) is 32.4 Å². The largest absolute Gasteiger partial charge is 0.377 e. The Morgan fingerprint density at radius 1 is 1.55 bits per heavy atom. The van der Waals surface area contributed by atoms with Gasteiger partial charge >= 0.3 is 5.69 Å². The molecule has 0 bridgehead atoms. The van der Waals surface area contributed by atoms with Crippen LogP contribution in [-0.4, -0.2) is 35.7 Å². The van der Waals surface area contributed by atoms with Crippen LogP contribution >= 0.6 is 0 Å². The summed E-state index contributed by atoms with van der Waals surface area (Å²) in [4.78, 5) is 17.0. The van der Waals surface area contributed by atoms with E-state index in [0.29, 0.717) is 11.7 Å². The molecule has 1 aromatic heterocycles. The van der Waals surface area contributed by atoms with Crippen molar-refractivity contribution in [3.05, 3.63) is 28.4 Å². The predicted octanol–water partition coefficient (Wildman–Crippen LogP) is 2.24. The second-order valence-corrected chi connectivity index (χ2v) is 6.22. The monoisotopic (exact) mass is 277 g/mol. The van der Waals surface area contributed by atoms with Gasteiger partial charge in [0.25, 0.3) is 0 Å². The molecule has 0 N–H and O–H groups in total. The number of hydrogen-bond donors (Lipinski definition) is 0. The molecule has 3 atom stereocenters. The van der Waals surface area contributed by atoms with Crippen LogP contribution in [0.3, 0.4) is 0 Å². The van der Waals surface area contributed by atoms with Crippen molar-refractivity contribution in [3.8, 4) is 0 Å². The smallest absolute Gasteiger partial charge is 0.311 e. The lowest BCUT2D eigenvalue weighted by atomic mass is 9.57. The fourth-order valence-electron chi connectivity index (χ4n) is 4.02. The zero-order chi connectivity index (χ0) is 14.5. The number of aromatic nitrogens is 1. The number of ether oxygens (including phenoxy) is 1. The van der Waals surface area contributed by atoms with E-state index >= 15 is 0 Å². The summed E-state index contributed by atoms with van der Waals surface area (Å²) in [6.45, 7) is 5.11. The molecule has 108 valence electrons. The van der Waals surface area contributed by atoms with E-state index in [2.05, 4.69) is 18.8 Å². The minimum absolute atomic E-state index is 0.0126. The topological polar surface area (TPSA) is 68.5 Å². The molecule has 6 heteroatoms. The molecule has 1 saturated heterocycles. The van der Waals surface area contributed by atoms with E-state index in [9.17, 15) is 10.1 Å². The Balaban J connectivity index is 1.94. The number of pyridine rings is 1. The number of nitro groups is 1. The normalized spacial score (nSPS) is 30.4. The summed E-state index contributed by atoms with van der Waals surface area (Å²) >= 11 is 0. The number of fused-ring (bicyclic) bond motifs is 1. The second-order valence-electron chi connectivity index (χ2n) is 6.22. The van der Waals surface area contributed by atoms with Gasteiger partial charge in [-0.15, -0.1) is 0 Å². The molecular weight excluding hydrogens is 258 g/mol. The number of anilines is 1. The average molecular weight is 277 g/mol. The Labute approximate surface area is 117 Å². The van der Waals surface area contributed by atoms with E-state index in [0.717, 1.165) is 13.0 Å². The molecule has 2 heterocycles. The van der Waals surface area contributed by atoms with E-state index < -0.39 is 0 Å². The third kappa shape index (κ3) is 1.71. The van der Waals surface area contributed by atoms with Gasteiger partial charge < -0.3 is 9.64 Å². The molecule has 0 amide bonds. The van der Waals surface area contributed by atoms with Gasteiger partial charge in [-0.2, -0.15) is 0 Å². The van der Waals surface area contributed by atoms with Gasteiger partial charge in [-0.3, -0.25) is 10.1 Å². The Morgan fingerprint density at radius 2 is 2.30 bits per heavy atom. The molecule has 2 fully saturated rings. The summed E-state index contributed by atoms with van der Waals surface area (Å²) in [6, 6.07) is 3.33. The van der Waals surface area contributed by atoms with E-state index in [1.807, 2.05) is 11.9 Å². The van der Waals surface area contributed by atoms with Crippen LogP contribution < -0.4 is 4.90 Å². The highest BCUT2D eigenvalue weighted by molar-refractivity contribution is 5.58. The summed E-state index contributed by atoms with van der Waals surface area (Å²) < 4.78 is 5.78. The maximum Gasteiger partial charge on any atom is 0.311 e. The van der Waals surface area contributed by atoms with Crippen LogP contribution in [0.2, 0.25) is 0 Å². The highest BCUT2D eigenvalue weighted by Crippen LogP contribution is 2.55. The summed E-state index contributed by atoms with van der Waals surface area (Å²) in [7, 11) is 1.90. The van der Waals surface area contributed by atoms with Gasteiger partial charge in [0.05, 0.1) is 11.0 Å². The molecule has 1 aliphatic heterocycles. The average Bonchev–Trinajstić information content (AvgIpc) is 2.84. The molecule has 1 aromatic rings. The van der Waals surface area contributed by atoms with Crippen LogP contribution in [0.15, 0.2) is 18.3 Å². The van der Waals surface area contributed by atoms with Crippen LogP contribution in [0, 0.1) is 21.4 Å². The summed E-state index contributed by atoms with van der Waals surface area (Å²) in [5.41, 5.74) is 0.0505. The van der Waals surface area contributed by atoms with Crippen molar-refractivity contribution in [1.29, 1.82) is 0 Å². The number of hydrogen-bond acceptors (Lipinski definition) is 5. The molecule has 1 aliphatic carbocycles. The van der Waals surface area contributed by atoms with Gasteiger partial charge in [-0.05, 0) is 12.5 Å². The van der Waals surface area contributed by atoms with Crippen molar-refractivity contribution < 1.29 is 9.66 Å². The second kappa shape index (κ2) is 4.41. The lowest BCUT2D eigenvalue weighted by molar-refractivity contribution is -0.384. The van der Waals surface area contributed by atoms with Crippen molar-refractivity contribution in [1.82, 2.24) is 4.98 Å². The van der Waals surface area contributed by atoms with Crippen molar-refractivity contribution in [2.75, 3.05) is 18.6 Å². The zero-order valence-electron chi connectivity index (χ0n) is 11.9. The van der Waals surface area contributed by atoms with E-state index in [1.54, 1.807) is 12.3 Å². The predicted molar refractivity (Wildman–Crippen MR) is 74.7 cm³/mol. The molecule has 3 rings (SSSR count). The van der Waals surface area contributed by atoms with Gasteiger partial charge in [0.1, 0.15) is 0 Å². The maximum atomic E-state index is 11.2. The van der Waals surface area contributed by atoms with E-state index in [1.165, 1.54) is 6.07 Å². The highest BCUT2D eigenvalue weighted by Gasteiger charge is 2.61. The fourth-order valence-corrected chi connectivity index (χ4v) is 4.02. The molecule has 1 saturated carbocycles. The number of rotatable bonds is 3. The minimum Gasteiger partial charge on any atom is -0.377 e. The van der Waals surface area contributed by atoms with E-state index in [-0.39, 0.29) is 28.2 Å². The lowest BCUT2D eigenvalue weighted by Gasteiger charge is -2.57. The molecule has 0 spiro atoms. The molecule has 2 aliphatic rings. The molecule has 0 radical (unpaired) electrons. The quantitative estimate of drug-likeness (QED) is 0.626. The van der Waals surface area contributed by atoms with E-state index in [4.69, 9.17) is 4.74 Å². The lowest BCUT2D eigenvalue weighted by Crippen LogP contribution is -2.66. The highest BCUT2D eigenvalue weighted by atomic mass is 16.6. The van der Waals surface area contributed by atoms with Crippen molar-refractivity contribution in [3.63, 3.8) is 0 Å². The summed E-state index contributed by atoms with van der Waals surface area (Å²) in [5.74, 6) is 0.887. The van der Waals surface area contributed by atoms with Gasteiger partial charge in [0, 0.05) is 43.3 Å². The summed E-state index contributed by atoms with van der Waals surface area (Å²) in [6.07, 6.45) is 2.88. The van der Waals surface area contributed by atoms with Crippen LogP contribution in [0.1, 0.15) is 20.3 Å². The van der Waals surface area contributed by atoms with Crippen molar-refractivity contribution >= 4 is 11.5 Å². The Morgan fingerprint density at radius 3 is 3.00 bits per heavy atom. The minimum atomic E-state index is -0.368.